The topological polar surface area (TPSA) is 86.8 Å². The number of nitrogens with one attached hydrogen (secondary N) is 1. The number of rotatable bonds is 12. The Hall–Kier alpha value is -4.35. The molecule has 7 nitrogen and oxygen atoms in total. The zero-order chi connectivity index (χ0) is 33.5. The summed E-state index contributed by atoms with van der Waals surface area (Å²) in [6, 6.07) is 25.1. The van der Waals surface area contributed by atoms with Gasteiger partial charge in [-0.05, 0) is 67.4 Å². The lowest BCUT2D eigenvalue weighted by Gasteiger charge is -2.34. The van der Waals surface area contributed by atoms with Gasteiger partial charge in [0.05, 0.1) is 16.1 Å². The fraction of sp³-hybridized carbons (Fsp3) is 0.235. The minimum absolute atomic E-state index is 0.0840. The van der Waals surface area contributed by atoms with Crippen molar-refractivity contribution in [1.29, 1.82) is 0 Å². The molecule has 4 aromatic rings. The molecule has 0 radical (unpaired) electrons. The monoisotopic (exact) mass is 671 g/mol. The molecule has 0 saturated carbocycles. The molecule has 0 bridgehead atoms. The molecule has 1 N–H and O–H groups in total. The minimum Gasteiger partial charge on any atom is -0.352 e. The Bertz CT molecular complexity index is 1750. The number of hydrogen-bond donors (Lipinski definition) is 1. The van der Waals surface area contributed by atoms with Crippen molar-refractivity contribution >= 4 is 39.1 Å². The molecular formula is C34H33ClF3N3O4S. The van der Waals surface area contributed by atoms with Crippen molar-refractivity contribution in [2.75, 3.05) is 10.8 Å². The third kappa shape index (κ3) is 8.88. The van der Waals surface area contributed by atoms with E-state index >= 15 is 0 Å². The van der Waals surface area contributed by atoms with Gasteiger partial charge in [0.25, 0.3) is 10.0 Å². The molecule has 0 fully saturated rings. The maximum Gasteiger partial charge on any atom is 0.416 e. The van der Waals surface area contributed by atoms with Gasteiger partial charge < -0.3 is 10.2 Å². The lowest BCUT2D eigenvalue weighted by molar-refractivity contribution is -0.140. The molecule has 0 spiro atoms. The van der Waals surface area contributed by atoms with Crippen LogP contribution < -0.4 is 9.62 Å². The summed E-state index contributed by atoms with van der Waals surface area (Å²) in [5.74, 6) is -1.29. The summed E-state index contributed by atoms with van der Waals surface area (Å²) in [6.07, 6.45) is -4.68. The molecular weight excluding hydrogens is 639 g/mol. The first kappa shape index (κ1) is 34.5. The molecule has 0 aliphatic rings. The van der Waals surface area contributed by atoms with E-state index < -0.39 is 46.2 Å². The maximum absolute atomic E-state index is 14.4. The van der Waals surface area contributed by atoms with Crippen molar-refractivity contribution in [2.45, 2.75) is 50.0 Å². The van der Waals surface area contributed by atoms with E-state index in [1.54, 1.807) is 68.4 Å². The fourth-order valence-corrected chi connectivity index (χ4v) is 6.49. The number of carbonyl (C=O) groups is 2. The maximum atomic E-state index is 14.4. The van der Waals surface area contributed by atoms with Crippen LogP contribution in [0, 0.1) is 0 Å². The van der Waals surface area contributed by atoms with Gasteiger partial charge in [-0.3, -0.25) is 13.9 Å². The number of halogens is 4. The van der Waals surface area contributed by atoms with E-state index in [2.05, 4.69) is 5.32 Å². The van der Waals surface area contributed by atoms with Crippen LogP contribution in [0.25, 0.3) is 0 Å². The molecule has 0 aliphatic heterocycles. The molecule has 242 valence electrons. The van der Waals surface area contributed by atoms with E-state index in [0.717, 1.165) is 17.7 Å². The van der Waals surface area contributed by atoms with Crippen molar-refractivity contribution < 1.29 is 31.2 Å². The number of carbonyl (C=O) groups excluding carboxylic acids is 2. The van der Waals surface area contributed by atoms with Crippen LogP contribution in [0.1, 0.15) is 30.5 Å². The van der Waals surface area contributed by atoms with E-state index in [1.807, 2.05) is 6.07 Å². The first-order valence-corrected chi connectivity index (χ1v) is 16.2. The van der Waals surface area contributed by atoms with E-state index in [-0.39, 0.29) is 29.6 Å². The molecule has 1 atom stereocenters. The normalized spacial score (nSPS) is 12.4. The molecule has 12 heteroatoms. The highest BCUT2D eigenvalue weighted by molar-refractivity contribution is 7.92. The summed E-state index contributed by atoms with van der Waals surface area (Å²) in [7, 11) is -4.55. The van der Waals surface area contributed by atoms with Crippen molar-refractivity contribution in [3.63, 3.8) is 0 Å². The lowest BCUT2D eigenvalue weighted by atomic mass is 10.0. The Morgan fingerprint density at radius 1 is 0.826 bits per heavy atom. The molecule has 2 amide bonds. The van der Waals surface area contributed by atoms with Crippen molar-refractivity contribution in [1.82, 2.24) is 10.2 Å². The second kappa shape index (κ2) is 14.8. The summed E-state index contributed by atoms with van der Waals surface area (Å²) in [6.45, 7) is 2.51. The first-order chi connectivity index (χ1) is 21.8. The van der Waals surface area contributed by atoms with Gasteiger partial charge in [0.15, 0.2) is 0 Å². The highest BCUT2D eigenvalue weighted by Gasteiger charge is 2.36. The molecule has 0 saturated heterocycles. The van der Waals surface area contributed by atoms with Crippen molar-refractivity contribution in [3.8, 4) is 0 Å². The van der Waals surface area contributed by atoms with Gasteiger partial charge in [-0.2, -0.15) is 13.2 Å². The van der Waals surface area contributed by atoms with Crippen molar-refractivity contribution in [2.24, 2.45) is 0 Å². The first-order valence-electron chi connectivity index (χ1n) is 14.4. The minimum atomic E-state index is -4.77. The Morgan fingerprint density at radius 2 is 1.43 bits per heavy atom. The quantitative estimate of drug-likeness (QED) is 0.181. The summed E-state index contributed by atoms with van der Waals surface area (Å²) < 4.78 is 69.8. The number of anilines is 1. The highest BCUT2D eigenvalue weighted by Crippen LogP contribution is 2.33. The van der Waals surface area contributed by atoms with Crippen LogP contribution in [-0.2, 0) is 38.8 Å². The van der Waals surface area contributed by atoms with Crippen LogP contribution in [0.2, 0.25) is 5.02 Å². The number of benzene rings is 4. The van der Waals surface area contributed by atoms with Crippen LogP contribution in [0.5, 0.6) is 0 Å². The van der Waals surface area contributed by atoms with Gasteiger partial charge in [-0.1, -0.05) is 78.3 Å². The van der Waals surface area contributed by atoms with Crippen LogP contribution in [-0.4, -0.2) is 43.8 Å². The summed E-state index contributed by atoms with van der Waals surface area (Å²) in [4.78, 5) is 29.1. The van der Waals surface area contributed by atoms with Gasteiger partial charge in [0.2, 0.25) is 11.8 Å². The van der Waals surface area contributed by atoms with Crippen LogP contribution >= 0.6 is 11.6 Å². The van der Waals surface area contributed by atoms with Crippen LogP contribution in [0.15, 0.2) is 114 Å². The second-order valence-corrected chi connectivity index (χ2v) is 13.2. The average Bonchev–Trinajstić information content (AvgIpc) is 3.01. The molecule has 0 aliphatic carbocycles. The molecule has 0 aromatic heterocycles. The SMILES string of the molecule is CC(C)NC(=O)C(Cc1ccccc1)N(Cc1cccc(Cl)c1)C(=O)CN(c1cccc(C(F)(F)F)c1)S(=O)(=O)c1ccccc1. The third-order valence-electron chi connectivity index (χ3n) is 7.02. The zero-order valence-corrected chi connectivity index (χ0v) is 26.7. The van der Waals surface area contributed by atoms with Crippen LogP contribution in [0.4, 0.5) is 18.9 Å². The standard InChI is InChI=1S/C34H33ClF3N3O4S/c1-24(2)39-33(43)31(20-25-11-5-3-6-12-25)40(22-26-13-9-15-28(35)19-26)32(42)23-41(46(44,45)30-17-7-4-8-18-30)29-16-10-14-27(21-29)34(36,37)38/h3-19,21,24,31H,20,22-23H2,1-2H3,(H,39,43). The summed E-state index contributed by atoms with van der Waals surface area (Å²) in [5.41, 5.74) is -0.143. The molecule has 4 aromatic carbocycles. The predicted octanol–water partition coefficient (Wildman–Crippen LogP) is 6.72. The number of amides is 2. The number of alkyl halides is 3. The molecule has 1 unspecified atom stereocenters. The van der Waals surface area contributed by atoms with Gasteiger partial charge in [0, 0.05) is 24.0 Å². The Kier molecular flexibility index (Phi) is 11.1. The molecule has 0 heterocycles. The average molecular weight is 672 g/mol. The van der Waals surface area contributed by atoms with Gasteiger partial charge >= 0.3 is 6.18 Å². The number of hydrogen-bond acceptors (Lipinski definition) is 4. The fourth-order valence-electron chi connectivity index (χ4n) is 4.85. The van der Waals surface area contributed by atoms with E-state index in [9.17, 15) is 31.2 Å². The smallest absolute Gasteiger partial charge is 0.352 e. The Balaban J connectivity index is 1.84. The zero-order valence-electron chi connectivity index (χ0n) is 25.1. The number of sulfonamides is 1. The Morgan fingerprint density at radius 3 is 2.04 bits per heavy atom. The van der Waals surface area contributed by atoms with Crippen molar-refractivity contribution in [3.05, 3.63) is 131 Å². The molecule has 4 rings (SSSR count). The highest BCUT2D eigenvalue weighted by atomic mass is 35.5. The van der Waals surface area contributed by atoms with E-state index in [4.69, 9.17) is 11.6 Å². The third-order valence-corrected chi connectivity index (χ3v) is 9.04. The van der Waals surface area contributed by atoms with Gasteiger partial charge in [0.1, 0.15) is 12.6 Å². The largest absolute Gasteiger partial charge is 0.416 e. The molecule has 46 heavy (non-hydrogen) atoms. The lowest BCUT2D eigenvalue weighted by Crippen LogP contribution is -2.54. The van der Waals surface area contributed by atoms with Gasteiger partial charge in [-0.15, -0.1) is 0 Å². The Labute approximate surface area is 271 Å². The number of nitrogens with zero attached hydrogens (tertiary/aromatic N) is 2. The van der Waals surface area contributed by atoms with E-state index in [1.165, 1.54) is 35.2 Å². The summed E-state index contributed by atoms with van der Waals surface area (Å²) >= 11 is 6.23. The van der Waals surface area contributed by atoms with Gasteiger partial charge in [-0.25, -0.2) is 8.42 Å². The summed E-state index contributed by atoms with van der Waals surface area (Å²) in [5, 5.41) is 3.23. The van der Waals surface area contributed by atoms with E-state index in [0.29, 0.717) is 21.0 Å². The van der Waals surface area contributed by atoms with Crippen LogP contribution in [0.3, 0.4) is 0 Å². The second-order valence-electron chi connectivity index (χ2n) is 10.9. The predicted molar refractivity (Wildman–Crippen MR) is 172 cm³/mol.